The summed E-state index contributed by atoms with van der Waals surface area (Å²) in [5, 5.41) is 0. The molecule has 2 saturated heterocycles. The van der Waals surface area contributed by atoms with Gasteiger partial charge in [0.1, 0.15) is 5.75 Å². The van der Waals surface area contributed by atoms with E-state index in [0.717, 1.165) is 44.9 Å². The zero-order chi connectivity index (χ0) is 17.7. The molecule has 0 unspecified atom stereocenters. The molecule has 2 heterocycles. The van der Waals surface area contributed by atoms with Crippen molar-refractivity contribution in [3.63, 3.8) is 0 Å². The van der Waals surface area contributed by atoms with Crippen molar-refractivity contribution in [1.29, 1.82) is 0 Å². The Morgan fingerprint density at radius 1 is 1.16 bits per heavy atom. The number of benzene rings is 1. The van der Waals surface area contributed by atoms with Crippen molar-refractivity contribution in [2.24, 2.45) is 5.41 Å². The van der Waals surface area contributed by atoms with Gasteiger partial charge in [0.15, 0.2) is 0 Å². The average molecular weight is 346 g/mol. The lowest BCUT2D eigenvalue weighted by atomic mass is 9.77. The van der Waals surface area contributed by atoms with Gasteiger partial charge in [-0.15, -0.1) is 0 Å². The molecule has 0 bridgehead atoms. The fraction of sp³-hybridized carbons (Fsp3) is 0.650. The molecule has 0 aliphatic carbocycles. The molecule has 0 radical (unpaired) electrons. The van der Waals surface area contributed by atoms with Gasteiger partial charge in [-0.2, -0.15) is 0 Å². The molecule has 0 saturated carbocycles. The van der Waals surface area contributed by atoms with E-state index in [9.17, 15) is 4.79 Å². The Bertz CT molecular complexity index is 582. The van der Waals surface area contributed by atoms with E-state index in [4.69, 9.17) is 9.47 Å². The highest BCUT2D eigenvalue weighted by Gasteiger charge is 2.41. The number of methoxy groups -OCH3 is 2. The molecule has 1 spiro atoms. The minimum Gasteiger partial charge on any atom is -0.497 e. The number of likely N-dealkylation sites (tertiary alicyclic amines) is 2. The number of carbonyl (C=O) groups is 1. The maximum Gasteiger partial charge on any atom is 0.224 e. The average Bonchev–Trinajstić information content (AvgIpc) is 3.06. The summed E-state index contributed by atoms with van der Waals surface area (Å²) in [6.45, 7) is 5.57. The molecule has 0 atom stereocenters. The predicted molar refractivity (Wildman–Crippen MR) is 97.6 cm³/mol. The molecule has 25 heavy (non-hydrogen) atoms. The molecule has 1 aromatic carbocycles. The van der Waals surface area contributed by atoms with E-state index in [1.807, 2.05) is 6.07 Å². The van der Waals surface area contributed by atoms with Crippen LogP contribution in [0.2, 0.25) is 0 Å². The topological polar surface area (TPSA) is 42.0 Å². The predicted octanol–water partition coefficient (Wildman–Crippen LogP) is 2.55. The molecule has 2 fully saturated rings. The molecule has 2 aliphatic rings. The summed E-state index contributed by atoms with van der Waals surface area (Å²) in [5.41, 5.74) is 1.64. The van der Waals surface area contributed by atoms with Gasteiger partial charge in [0, 0.05) is 26.7 Å². The number of piperidine rings is 1. The van der Waals surface area contributed by atoms with E-state index < -0.39 is 0 Å². The molecule has 1 amide bonds. The van der Waals surface area contributed by atoms with E-state index in [2.05, 4.69) is 28.0 Å². The molecule has 138 valence electrons. The summed E-state index contributed by atoms with van der Waals surface area (Å²) in [6.07, 6.45) is 4.03. The van der Waals surface area contributed by atoms with Crippen LogP contribution in [0.15, 0.2) is 24.3 Å². The Morgan fingerprint density at radius 2 is 1.92 bits per heavy atom. The van der Waals surface area contributed by atoms with Gasteiger partial charge in [0.25, 0.3) is 0 Å². The second kappa shape index (κ2) is 8.19. The lowest BCUT2D eigenvalue weighted by Gasteiger charge is -2.39. The lowest BCUT2D eigenvalue weighted by Crippen LogP contribution is -2.42. The summed E-state index contributed by atoms with van der Waals surface area (Å²) in [5.74, 6) is 1.17. The number of hydrogen-bond donors (Lipinski definition) is 0. The summed E-state index contributed by atoms with van der Waals surface area (Å²) in [4.78, 5) is 16.8. The summed E-state index contributed by atoms with van der Waals surface area (Å²) >= 11 is 0. The molecule has 5 heteroatoms. The zero-order valence-corrected chi connectivity index (χ0v) is 15.5. The van der Waals surface area contributed by atoms with Crippen molar-refractivity contribution in [3.8, 4) is 5.75 Å². The Labute approximate surface area is 150 Å². The van der Waals surface area contributed by atoms with Crippen LogP contribution in [0.4, 0.5) is 0 Å². The number of hydrogen-bond acceptors (Lipinski definition) is 4. The third-order valence-electron chi connectivity index (χ3n) is 5.77. The van der Waals surface area contributed by atoms with Gasteiger partial charge in [0.2, 0.25) is 5.91 Å². The highest BCUT2D eigenvalue weighted by atomic mass is 16.5. The highest BCUT2D eigenvalue weighted by molar-refractivity contribution is 5.76. The first-order chi connectivity index (χ1) is 12.1. The monoisotopic (exact) mass is 346 g/mol. The molecule has 0 N–H and O–H groups in total. The SMILES string of the molecule is COCCC(=O)N1CCC2(CCN(Cc3cccc(OC)c3)CC2)C1. The molecule has 1 aromatic rings. The fourth-order valence-electron chi connectivity index (χ4n) is 4.12. The van der Waals surface area contributed by atoms with Gasteiger partial charge in [-0.3, -0.25) is 9.69 Å². The third-order valence-corrected chi connectivity index (χ3v) is 5.77. The number of ether oxygens (including phenoxy) is 2. The largest absolute Gasteiger partial charge is 0.497 e. The van der Waals surface area contributed by atoms with Crippen LogP contribution in [0, 0.1) is 5.41 Å². The minimum atomic E-state index is 0.248. The number of rotatable bonds is 6. The smallest absolute Gasteiger partial charge is 0.224 e. The van der Waals surface area contributed by atoms with Crippen molar-refractivity contribution < 1.29 is 14.3 Å². The van der Waals surface area contributed by atoms with Crippen LogP contribution in [0.1, 0.15) is 31.2 Å². The van der Waals surface area contributed by atoms with Gasteiger partial charge in [0.05, 0.1) is 20.1 Å². The fourth-order valence-corrected chi connectivity index (χ4v) is 4.12. The van der Waals surface area contributed by atoms with Crippen LogP contribution in [0.3, 0.4) is 0 Å². The maximum atomic E-state index is 12.2. The van der Waals surface area contributed by atoms with Crippen molar-refractivity contribution >= 4 is 5.91 Å². The molecule has 2 aliphatic heterocycles. The summed E-state index contributed by atoms with van der Waals surface area (Å²) in [7, 11) is 3.36. The third kappa shape index (κ3) is 4.53. The summed E-state index contributed by atoms with van der Waals surface area (Å²) in [6, 6.07) is 8.33. The first-order valence-corrected chi connectivity index (χ1v) is 9.26. The molecule has 0 aromatic heterocycles. The van der Waals surface area contributed by atoms with Gasteiger partial charge in [-0.1, -0.05) is 12.1 Å². The van der Waals surface area contributed by atoms with Crippen molar-refractivity contribution in [2.75, 3.05) is 47.0 Å². The molecule has 3 rings (SSSR count). The van der Waals surface area contributed by atoms with E-state index in [-0.39, 0.29) is 5.91 Å². The zero-order valence-electron chi connectivity index (χ0n) is 15.5. The van der Waals surface area contributed by atoms with Crippen molar-refractivity contribution in [3.05, 3.63) is 29.8 Å². The highest BCUT2D eigenvalue weighted by Crippen LogP contribution is 2.40. The normalized spacial score (nSPS) is 20.2. The molecule has 5 nitrogen and oxygen atoms in total. The van der Waals surface area contributed by atoms with E-state index in [1.165, 1.54) is 18.4 Å². The number of amides is 1. The van der Waals surface area contributed by atoms with Crippen LogP contribution in [-0.2, 0) is 16.1 Å². The Morgan fingerprint density at radius 3 is 2.64 bits per heavy atom. The Kier molecular flexibility index (Phi) is 5.97. The van der Waals surface area contributed by atoms with E-state index >= 15 is 0 Å². The molecular formula is C20H30N2O3. The van der Waals surface area contributed by atoms with Crippen molar-refractivity contribution in [1.82, 2.24) is 9.80 Å². The molecular weight excluding hydrogens is 316 g/mol. The van der Waals surface area contributed by atoms with Gasteiger partial charge in [-0.05, 0) is 55.5 Å². The second-order valence-electron chi connectivity index (χ2n) is 7.44. The summed E-state index contributed by atoms with van der Waals surface area (Å²) < 4.78 is 10.4. The van der Waals surface area contributed by atoms with Crippen LogP contribution in [0.25, 0.3) is 0 Å². The van der Waals surface area contributed by atoms with Gasteiger partial charge in [-0.25, -0.2) is 0 Å². The first kappa shape index (κ1) is 18.2. The number of nitrogens with zero attached hydrogens (tertiary/aromatic N) is 2. The minimum absolute atomic E-state index is 0.248. The van der Waals surface area contributed by atoms with E-state index in [1.54, 1.807) is 14.2 Å². The quantitative estimate of drug-likeness (QED) is 0.794. The van der Waals surface area contributed by atoms with Crippen LogP contribution in [-0.4, -0.2) is 62.7 Å². The van der Waals surface area contributed by atoms with Crippen LogP contribution < -0.4 is 4.74 Å². The second-order valence-corrected chi connectivity index (χ2v) is 7.44. The van der Waals surface area contributed by atoms with Crippen LogP contribution >= 0.6 is 0 Å². The van der Waals surface area contributed by atoms with Crippen LogP contribution in [0.5, 0.6) is 5.75 Å². The number of carbonyl (C=O) groups excluding carboxylic acids is 1. The lowest BCUT2D eigenvalue weighted by molar-refractivity contribution is -0.131. The van der Waals surface area contributed by atoms with E-state index in [0.29, 0.717) is 18.4 Å². The maximum absolute atomic E-state index is 12.2. The van der Waals surface area contributed by atoms with Gasteiger partial charge < -0.3 is 14.4 Å². The van der Waals surface area contributed by atoms with Crippen molar-refractivity contribution in [2.45, 2.75) is 32.2 Å². The first-order valence-electron chi connectivity index (χ1n) is 9.26. The Balaban J connectivity index is 1.49. The Hall–Kier alpha value is -1.59. The van der Waals surface area contributed by atoms with Gasteiger partial charge >= 0.3 is 0 Å². The standard InChI is InChI=1S/C20H30N2O3/c1-24-13-6-19(23)22-12-9-20(16-22)7-10-21(11-8-20)15-17-4-3-5-18(14-17)25-2/h3-5,14H,6-13,15-16H2,1-2H3.